The monoisotopic (exact) mass is 223 g/mol. The predicted octanol–water partition coefficient (Wildman–Crippen LogP) is -0.140. The van der Waals surface area contributed by atoms with E-state index in [1.165, 1.54) is 0 Å². The molecule has 1 aliphatic heterocycles. The summed E-state index contributed by atoms with van der Waals surface area (Å²) in [6.45, 7) is 3.61. The van der Waals surface area contributed by atoms with E-state index >= 15 is 0 Å². The van der Waals surface area contributed by atoms with Crippen LogP contribution in [0, 0.1) is 5.92 Å². The van der Waals surface area contributed by atoms with Gasteiger partial charge in [-0.3, -0.25) is 9.59 Å². The van der Waals surface area contributed by atoms with Crippen LogP contribution < -0.4 is 5.73 Å². The molecule has 1 saturated heterocycles. The molecule has 0 aromatic rings. The molecule has 0 aromatic carbocycles. The van der Waals surface area contributed by atoms with Crippen LogP contribution in [0.3, 0.4) is 0 Å². The van der Waals surface area contributed by atoms with Crippen molar-refractivity contribution >= 4 is 24.3 Å². The Hall–Kier alpha value is -0.810. The Bertz CT molecular complexity index is 233. The lowest BCUT2D eigenvalue weighted by atomic mass is 9.99. The van der Waals surface area contributed by atoms with Gasteiger partial charge in [-0.05, 0) is 13.8 Å². The second-order valence-electron chi connectivity index (χ2n) is 2.95. The molecule has 3 atom stereocenters. The first kappa shape index (κ1) is 13.2. The van der Waals surface area contributed by atoms with Crippen LogP contribution >= 0.6 is 12.4 Å². The second kappa shape index (κ2) is 5.17. The molecular formula is C8H14ClNO4. The number of rotatable bonds is 2. The molecule has 1 aliphatic rings. The Balaban J connectivity index is 0.00000169. The fourth-order valence-corrected chi connectivity index (χ4v) is 1.35. The lowest BCUT2D eigenvalue weighted by Gasteiger charge is -2.13. The minimum atomic E-state index is -0.881. The summed E-state index contributed by atoms with van der Waals surface area (Å²) in [5, 5.41) is 0. The number of hydrogen-bond acceptors (Lipinski definition) is 5. The average molecular weight is 224 g/mol. The van der Waals surface area contributed by atoms with Crippen LogP contribution in [-0.2, 0) is 19.1 Å². The predicted molar refractivity (Wildman–Crippen MR) is 50.9 cm³/mol. The maximum atomic E-state index is 11.3. The lowest BCUT2D eigenvalue weighted by molar-refractivity contribution is -0.149. The molecule has 0 saturated carbocycles. The van der Waals surface area contributed by atoms with Crippen LogP contribution in [0.1, 0.15) is 13.8 Å². The van der Waals surface area contributed by atoms with Gasteiger partial charge >= 0.3 is 11.9 Å². The van der Waals surface area contributed by atoms with Crippen molar-refractivity contribution in [3.8, 4) is 0 Å². The molecule has 82 valence electrons. The smallest absolute Gasteiger partial charge is 0.324 e. The first-order valence-corrected chi connectivity index (χ1v) is 4.20. The van der Waals surface area contributed by atoms with Crippen LogP contribution in [-0.4, -0.2) is 30.7 Å². The third kappa shape index (κ3) is 2.36. The molecule has 0 radical (unpaired) electrons. The zero-order chi connectivity index (χ0) is 10.0. The van der Waals surface area contributed by atoms with E-state index in [-0.39, 0.29) is 19.0 Å². The number of ether oxygens (including phenoxy) is 2. The SMILES string of the molecule is CCOC(=O)[C@H]1[C@H](N)C(=O)O[C@@H]1C.Cl. The summed E-state index contributed by atoms with van der Waals surface area (Å²) in [7, 11) is 0. The molecule has 6 heteroatoms. The molecule has 2 N–H and O–H groups in total. The number of nitrogens with two attached hydrogens (primary N) is 1. The standard InChI is InChI=1S/C8H13NO4.ClH/c1-3-12-7(10)5-4(2)13-8(11)6(5)9;/h4-6H,3,9H2,1-2H3;1H/t4-,5-,6+;/m1./s1. The normalized spacial score (nSPS) is 30.5. The van der Waals surface area contributed by atoms with Crippen molar-refractivity contribution in [3.05, 3.63) is 0 Å². The van der Waals surface area contributed by atoms with E-state index in [9.17, 15) is 9.59 Å². The van der Waals surface area contributed by atoms with E-state index in [1.807, 2.05) is 0 Å². The maximum Gasteiger partial charge on any atom is 0.324 e. The van der Waals surface area contributed by atoms with E-state index in [4.69, 9.17) is 15.2 Å². The fourth-order valence-electron chi connectivity index (χ4n) is 1.35. The van der Waals surface area contributed by atoms with Crippen molar-refractivity contribution < 1.29 is 19.1 Å². The van der Waals surface area contributed by atoms with Crippen LogP contribution in [0.25, 0.3) is 0 Å². The number of esters is 2. The van der Waals surface area contributed by atoms with Gasteiger partial charge in [-0.15, -0.1) is 12.4 Å². The minimum absolute atomic E-state index is 0. The van der Waals surface area contributed by atoms with E-state index < -0.39 is 30.0 Å². The van der Waals surface area contributed by atoms with Crippen molar-refractivity contribution in [3.63, 3.8) is 0 Å². The van der Waals surface area contributed by atoms with Gasteiger partial charge in [-0.25, -0.2) is 0 Å². The van der Waals surface area contributed by atoms with Crippen LogP contribution in [0.15, 0.2) is 0 Å². The van der Waals surface area contributed by atoms with E-state index in [2.05, 4.69) is 0 Å². The molecule has 14 heavy (non-hydrogen) atoms. The van der Waals surface area contributed by atoms with Gasteiger partial charge in [0.2, 0.25) is 0 Å². The molecular weight excluding hydrogens is 210 g/mol. The second-order valence-corrected chi connectivity index (χ2v) is 2.95. The first-order chi connectivity index (χ1) is 6.07. The van der Waals surface area contributed by atoms with E-state index in [1.54, 1.807) is 13.8 Å². The van der Waals surface area contributed by atoms with Crippen molar-refractivity contribution in [2.24, 2.45) is 11.7 Å². The van der Waals surface area contributed by atoms with Crippen molar-refractivity contribution in [1.82, 2.24) is 0 Å². The quantitative estimate of drug-likeness (QED) is 0.660. The van der Waals surface area contributed by atoms with E-state index in [0.29, 0.717) is 0 Å². The molecule has 0 unspecified atom stereocenters. The maximum absolute atomic E-state index is 11.3. The topological polar surface area (TPSA) is 78.6 Å². The summed E-state index contributed by atoms with van der Waals surface area (Å²) in [5.41, 5.74) is 5.47. The van der Waals surface area contributed by atoms with Gasteiger partial charge in [-0.2, -0.15) is 0 Å². The molecule has 0 aliphatic carbocycles. The molecule has 0 aromatic heterocycles. The zero-order valence-corrected chi connectivity index (χ0v) is 8.87. The van der Waals surface area contributed by atoms with Gasteiger partial charge in [-0.1, -0.05) is 0 Å². The Kier molecular flexibility index (Phi) is 4.87. The van der Waals surface area contributed by atoms with Crippen molar-refractivity contribution in [2.75, 3.05) is 6.61 Å². The highest BCUT2D eigenvalue weighted by molar-refractivity contribution is 5.88. The zero-order valence-electron chi connectivity index (χ0n) is 8.06. The van der Waals surface area contributed by atoms with Crippen LogP contribution in [0.4, 0.5) is 0 Å². The first-order valence-electron chi connectivity index (χ1n) is 4.20. The number of hydrogen-bond donors (Lipinski definition) is 1. The van der Waals surface area contributed by atoms with Gasteiger partial charge in [0, 0.05) is 0 Å². The van der Waals surface area contributed by atoms with Crippen LogP contribution in [0.5, 0.6) is 0 Å². The largest absolute Gasteiger partial charge is 0.466 e. The third-order valence-electron chi connectivity index (χ3n) is 2.03. The summed E-state index contributed by atoms with van der Waals surface area (Å²) in [6, 6.07) is -0.881. The fraction of sp³-hybridized carbons (Fsp3) is 0.750. The minimum Gasteiger partial charge on any atom is -0.466 e. The van der Waals surface area contributed by atoms with Gasteiger partial charge in [0.15, 0.2) is 0 Å². The number of carbonyl (C=O) groups excluding carboxylic acids is 2. The summed E-state index contributed by atoms with van der Waals surface area (Å²) < 4.78 is 9.55. The number of carbonyl (C=O) groups is 2. The summed E-state index contributed by atoms with van der Waals surface area (Å²) in [5.74, 6) is -1.66. The Morgan fingerprint density at radius 3 is 2.57 bits per heavy atom. The molecule has 0 spiro atoms. The molecule has 0 bridgehead atoms. The van der Waals surface area contributed by atoms with Gasteiger partial charge in [0.05, 0.1) is 6.61 Å². The summed E-state index contributed by atoms with van der Waals surface area (Å²) in [6.07, 6.45) is -0.485. The molecule has 5 nitrogen and oxygen atoms in total. The molecule has 1 fully saturated rings. The molecule has 1 rings (SSSR count). The van der Waals surface area contributed by atoms with Crippen molar-refractivity contribution in [2.45, 2.75) is 26.0 Å². The average Bonchev–Trinajstić information content (AvgIpc) is 2.27. The Morgan fingerprint density at radius 1 is 1.64 bits per heavy atom. The number of cyclic esters (lactones) is 1. The van der Waals surface area contributed by atoms with Gasteiger partial charge < -0.3 is 15.2 Å². The highest BCUT2D eigenvalue weighted by Gasteiger charge is 2.45. The molecule has 0 amide bonds. The highest BCUT2D eigenvalue weighted by atomic mass is 35.5. The van der Waals surface area contributed by atoms with Gasteiger partial charge in [0.1, 0.15) is 18.1 Å². The third-order valence-corrected chi connectivity index (χ3v) is 2.03. The Labute approximate surface area is 88.3 Å². The highest BCUT2D eigenvalue weighted by Crippen LogP contribution is 2.22. The summed E-state index contributed by atoms with van der Waals surface area (Å²) >= 11 is 0. The van der Waals surface area contributed by atoms with E-state index in [0.717, 1.165) is 0 Å². The van der Waals surface area contributed by atoms with Crippen molar-refractivity contribution in [1.29, 1.82) is 0 Å². The Morgan fingerprint density at radius 2 is 2.21 bits per heavy atom. The van der Waals surface area contributed by atoms with Gasteiger partial charge in [0.25, 0.3) is 0 Å². The summed E-state index contributed by atoms with van der Waals surface area (Å²) in [4.78, 5) is 22.2. The molecule has 1 heterocycles. The lowest BCUT2D eigenvalue weighted by Crippen LogP contribution is -2.39. The number of halogens is 1. The van der Waals surface area contributed by atoms with Crippen LogP contribution in [0.2, 0.25) is 0 Å².